The van der Waals surface area contributed by atoms with Gasteiger partial charge in [-0.1, -0.05) is 158 Å². The van der Waals surface area contributed by atoms with Crippen LogP contribution in [0.5, 0.6) is 0 Å². The van der Waals surface area contributed by atoms with Gasteiger partial charge < -0.3 is 34.4 Å². The Labute approximate surface area is 373 Å². The lowest BCUT2D eigenvalue weighted by Gasteiger charge is -2.20. The molecule has 0 radical (unpaired) electrons. The number of ether oxygens (including phenoxy) is 2. The third kappa shape index (κ3) is 44.4. The minimum Gasteiger partial charge on any atom is -0.462 e. The normalized spacial score (nSPS) is 15.0. The Balaban J connectivity index is 4.62. The average molecular weight is 921 g/mol. The van der Waals surface area contributed by atoms with Crippen LogP contribution in [-0.4, -0.2) is 81.6 Å². The summed E-state index contributed by atoms with van der Waals surface area (Å²) >= 11 is 0. The number of rotatable bonds is 43. The Kier molecular flexibility index (Phi) is 40.0. The molecule has 0 rings (SSSR count). The molecule has 360 valence electrons. The van der Waals surface area contributed by atoms with Gasteiger partial charge in [0.25, 0.3) is 0 Å². The van der Waals surface area contributed by atoms with E-state index in [0.717, 1.165) is 70.6 Å². The molecule has 0 aromatic heterocycles. The molecule has 0 bridgehead atoms. The monoisotopic (exact) mass is 921 g/mol. The number of phosphoric acid groups is 2. The summed E-state index contributed by atoms with van der Waals surface area (Å²) < 4.78 is 47.7. The first-order valence-electron chi connectivity index (χ1n) is 23.1. The van der Waals surface area contributed by atoms with Gasteiger partial charge in [-0.3, -0.25) is 23.2 Å². The lowest BCUT2D eigenvalue weighted by Crippen LogP contribution is -2.29. The number of allylic oxidation sites excluding steroid dienone is 9. The van der Waals surface area contributed by atoms with Gasteiger partial charge in [0.05, 0.1) is 25.9 Å². The molecular weight excluding hydrogens is 838 g/mol. The zero-order valence-corrected chi connectivity index (χ0v) is 39.6. The van der Waals surface area contributed by atoms with Crippen LogP contribution in [0.25, 0.3) is 0 Å². The third-order valence-electron chi connectivity index (χ3n) is 9.47. The molecule has 5 N–H and O–H groups in total. The Hall–Kier alpha value is -2.22. The first-order chi connectivity index (χ1) is 29.8. The number of esters is 2. The Morgan fingerprint density at radius 2 is 1.03 bits per heavy atom. The molecular formula is C46H82O14P2. The number of aliphatic hydroxyl groups excluding tert-OH is 2. The van der Waals surface area contributed by atoms with Crippen molar-refractivity contribution in [2.45, 2.75) is 193 Å². The molecule has 0 spiro atoms. The predicted octanol–water partition coefficient (Wildman–Crippen LogP) is 11.0. The SMILES string of the molecule is CCCCCCCC/C=C\CCCCCCCCCC(=O)OC[C@H](COP(=O)(O)OC[C@@H](O)COP(=O)(O)O)OC(=O)CCC/C=C\C/C=C\C/C=C\C=C\[C@@H](O)CCCCC. The summed E-state index contributed by atoms with van der Waals surface area (Å²) in [4.78, 5) is 52.7. The third-order valence-corrected chi connectivity index (χ3v) is 10.9. The van der Waals surface area contributed by atoms with E-state index in [2.05, 4.69) is 35.0 Å². The first-order valence-corrected chi connectivity index (χ1v) is 26.1. The molecule has 62 heavy (non-hydrogen) atoms. The zero-order chi connectivity index (χ0) is 46.0. The van der Waals surface area contributed by atoms with Gasteiger partial charge in [-0.25, -0.2) is 9.13 Å². The van der Waals surface area contributed by atoms with Crippen LogP contribution in [-0.2, 0) is 41.8 Å². The Bertz CT molecular complexity index is 1340. The van der Waals surface area contributed by atoms with Gasteiger partial charge in [-0.15, -0.1) is 0 Å². The Morgan fingerprint density at radius 3 is 1.68 bits per heavy atom. The molecule has 0 aromatic carbocycles. The van der Waals surface area contributed by atoms with E-state index in [-0.39, 0.29) is 12.8 Å². The van der Waals surface area contributed by atoms with Gasteiger partial charge in [0, 0.05) is 12.8 Å². The molecule has 0 aromatic rings. The Morgan fingerprint density at radius 1 is 0.532 bits per heavy atom. The molecule has 0 saturated carbocycles. The van der Waals surface area contributed by atoms with E-state index in [1.165, 1.54) is 57.8 Å². The van der Waals surface area contributed by atoms with Gasteiger partial charge in [-0.05, 0) is 64.2 Å². The zero-order valence-electron chi connectivity index (χ0n) is 37.8. The fourth-order valence-electron chi connectivity index (χ4n) is 5.92. The predicted molar refractivity (Wildman–Crippen MR) is 245 cm³/mol. The molecule has 0 heterocycles. The van der Waals surface area contributed by atoms with Crippen molar-refractivity contribution in [2.75, 3.05) is 26.4 Å². The van der Waals surface area contributed by atoms with Gasteiger partial charge in [-0.2, -0.15) is 0 Å². The number of carbonyl (C=O) groups excluding carboxylic acids is 2. The summed E-state index contributed by atoms with van der Waals surface area (Å²) in [6.45, 7) is 1.56. The van der Waals surface area contributed by atoms with Gasteiger partial charge in [0.15, 0.2) is 6.10 Å². The van der Waals surface area contributed by atoms with Crippen molar-refractivity contribution in [3.63, 3.8) is 0 Å². The summed E-state index contributed by atoms with van der Waals surface area (Å²) in [7, 11) is -9.71. The highest BCUT2D eigenvalue weighted by Crippen LogP contribution is 2.43. The van der Waals surface area contributed by atoms with E-state index >= 15 is 0 Å². The molecule has 4 atom stereocenters. The molecule has 0 aliphatic carbocycles. The highest BCUT2D eigenvalue weighted by atomic mass is 31.2. The molecule has 0 aliphatic heterocycles. The van der Waals surface area contributed by atoms with Crippen molar-refractivity contribution in [1.82, 2.24) is 0 Å². The van der Waals surface area contributed by atoms with Crippen molar-refractivity contribution in [3.05, 3.63) is 60.8 Å². The largest absolute Gasteiger partial charge is 0.472 e. The standard InChI is InChI=1S/C46H82O14P2/c1-3-5-7-8-9-10-11-12-13-14-15-16-19-22-25-28-32-36-45(49)56-40-44(41-59-62(54,55)58-39-43(48)38-57-61(51,52)53)60-46(50)37-33-29-26-23-20-17-18-21-24-27-31-35-42(47)34-30-6-4-2/h12-13,17-18,23-24,26-27,31,35,42-44,47-48H,3-11,14-16,19-22,25,28-30,32-34,36-41H2,1-2H3,(H,54,55)(H2,51,52,53)/b13-12-,18-17-,26-23-,27-24-,35-31+/t42-,43-,44+/m0/s1. The van der Waals surface area contributed by atoms with Crippen LogP contribution in [0.4, 0.5) is 0 Å². The average Bonchev–Trinajstić information content (AvgIpc) is 3.23. The fraction of sp³-hybridized carbons (Fsp3) is 0.739. The quantitative estimate of drug-likeness (QED) is 0.0126. The number of hydrogen-bond acceptors (Lipinski definition) is 11. The molecule has 0 fully saturated rings. The van der Waals surface area contributed by atoms with Crippen molar-refractivity contribution < 1.29 is 66.7 Å². The lowest BCUT2D eigenvalue weighted by molar-refractivity contribution is -0.161. The van der Waals surface area contributed by atoms with Crippen LogP contribution in [0.3, 0.4) is 0 Å². The maximum Gasteiger partial charge on any atom is 0.472 e. The molecule has 0 amide bonds. The number of phosphoric ester groups is 2. The van der Waals surface area contributed by atoms with Crippen molar-refractivity contribution >= 4 is 27.6 Å². The van der Waals surface area contributed by atoms with Crippen molar-refractivity contribution in [2.24, 2.45) is 0 Å². The summed E-state index contributed by atoms with van der Waals surface area (Å²) in [6.07, 6.45) is 41.1. The maximum atomic E-state index is 12.7. The first kappa shape index (κ1) is 59.8. The second-order valence-electron chi connectivity index (χ2n) is 15.5. The topological polar surface area (TPSA) is 216 Å². The minimum atomic E-state index is -4.88. The molecule has 0 saturated heterocycles. The van der Waals surface area contributed by atoms with E-state index in [0.29, 0.717) is 19.3 Å². The van der Waals surface area contributed by atoms with Crippen LogP contribution in [0.1, 0.15) is 174 Å². The maximum absolute atomic E-state index is 12.7. The van der Waals surface area contributed by atoms with Crippen molar-refractivity contribution in [3.8, 4) is 0 Å². The minimum absolute atomic E-state index is 0.0330. The summed E-state index contributed by atoms with van der Waals surface area (Å²) in [5.41, 5.74) is 0. The number of carbonyl (C=O) groups is 2. The summed E-state index contributed by atoms with van der Waals surface area (Å²) in [5, 5.41) is 19.7. The lowest BCUT2D eigenvalue weighted by atomic mass is 10.1. The molecule has 1 unspecified atom stereocenters. The number of aliphatic hydroxyl groups is 2. The second-order valence-corrected chi connectivity index (χ2v) is 18.2. The van der Waals surface area contributed by atoms with E-state index in [4.69, 9.17) is 23.8 Å². The van der Waals surface area contributed by atoms with Crippen LogP contribution < -0.4 is 0 Å². The summed E-state index contributed by atoms with van der Waals surface area (Å²) in [5.74, 6) is -1.13. The van der Waals surface area contributed by atoms with E-state index in [9.17, 15) is 33.8 Å². The summed E-state index contributed by atoms with van der Waals surface area (Å²) in [6, 6.07) is 0. The van der Waals surface area contributed by atoms with Crippen molar-refractivity contribution in [1.29, 1.82) is 0 Å². The molecule has 0 aliphatic rings. The van der Waals surface area contributed by atoms with Crippen LogP contribution >= 0.6 is 15.6 Å². The number of unbranched alkanes of at least 4 members (excludes halogenated alkanes) is 16. The molecule has 16 heteroatoms. The molecule has 14 nitrogen and oxygen atoms in total. The van der Waals surface area contributed by atoms with Crippen LogP contribution in [0.15, 0.2) is 60.8 Å². The van der Waals surface area contributed by atoms with Gasteiger partial charge in [0.2, 0.25) is 0 Å². The van der Waals surface area contributed by atoms with Crippen LogP contribution in [0.2, 0.25) is 0 Å². The smallest absolute Gasteiger partial charge is 0.462 e. The van der Waals surface area contributed by atoms with E-state index < -0.39 is 72.3 Å². The van der Waals surface area contributed by atoms with Gasteiger partial charge >= 0.3 is 27.6 Å². The highest BCUT2D eigenvalue weighted by molar-refractivity contribution is 7.47. The van der Waals surface area contributed by atoms with Gasteiger partial charge in [0.1, 0.15) is 12.7 Å². The fourth-order valence-corrected chi connectivity index (χ4v) is 7.07. The van der Waals surface area contributed by atoms with E-state index in [1.54, 1.807) is 6.08 Å². The second kappa shape index (κ2) is 41.5. The number of hydrogen-bond donors (Lipinski definition) is 5. The van der Waals surface area contributed by atoms with Crippen LogP contribution in [0, 0.1) is 0 Å². The van der Waals surface area contributed by atoms with E-state index in [1.807, 2.05) is 42.5 Å². The highest BCUT2D eigenvalue weighted by Gasteiger charge is 2.28.